The van der Waals surface area contributed by atoms with Crippen LogP contribution in [0.2, 0.25) is 0 Å². The average molecular weight is 266 g/mol. The van der Waals surface area contributed by atoms with Crippen LogP contribution in [0.1, 0.15) is 33.1 Å². The smallest absolute Gasteiger partial charge is 0.187 e. The third kappa shape index (κ3) is 1.71. The molecule has 0 amide bonds. The summed E-state index contributed by atoms with van der Waals surface area (Å²) in [6.07, 6.45) is 4.94. The van der Waals surface area contributed by atoms with E-state index in [0.29, 0.717) is 5.57 Å². The number of nitrogens with two attached hydrogens (primary N) is 1. The number of hydrogen-bond donors (Lipinski definition) is 1. The van der Waals surface area contributed by atoms with E-state index in [1.54, 1.807) is 0 Å². The van der Waals surface area contributed by atoms with Crippen molar-refractivity contribution in [2.45, 2.75) is 33.1 Å². The largest absolute Gasteiger partial charge is 0.399 e. The fourth-order valence-corrected chi connectivity index (χ4v) is 3.78. The summed E-state index contributed by atoms with van der Waals surface area (Å²) in [5.41, 5.74) is 6.18. The second-order valence-electron chi connectivity index (χ2n) is 5.90. The molecule has 4 heteroatoms. The zero-order valence-electron chi connectivity index (χ0n) is 11.8. The molecule has 2 rings (SSSR count). The number of fused-ring (bicyclic) bond motifs is 1. The minimum atomic E-state index is -1.38. The summed E-state index contributed by atoms with van der Waals surface area (Å²) >= 11 is 0. The van der Waals surface area contributed by atoms with Crippen molar-refractivity contribution in [1.82, 2.24) is 0 Å². The molecule has 2 N–H and O–H groups in total. The molecular formula is C16H18N4. The van der Waals surface area contributed by atoms with Crippen LogP contribution in [-0.4, -0.2) is 0 Å². The summed E-state index contributed by atoms with van der Waals surface area (Å²) in [5, 5.41) is 28.6. The number of nitrogens with zero attached hydrogens (tertiary/aromatic N) is 3. The standard InChI is InChI=1S/C16H18N4/c1-10(2)14-12-6-4-3-5-11(12)13(7-17)15(20)16(14,8-18)9-19/h5,10,12,14H,3-4,6,20H2,1-2H3/t12-,14-/m1/s1. The van der Waals surface area contributed by atoms with E-state index in [0.717, 1.165) is 24.8 Å². The van der Waals surface area contributed by atoms with Crippen LogP contribution in [0.15, 0.2) is 22.9 Å². The fraction of sp³-hybridized carbons (Fsp3) is 0.562. The van der Waals surface area contributed by atoms with Gasteiger partial charge in [0.1, 0.15) is 6.07 Å². The minimum absolute atomic E-state index is 0.0880. The van der Waals surface area contributed by atoms with Crippen molar-refractivity contribution >= 4 is 0 Å². The van der Waals surface area contributed by atoms with E-state index >= 15 is 0 Å². The lowest BCUT2D eigenvalue weighted by Crippen LogP contribution is -2.46. The van der Waals surface area contributed by atoms with Gasteiger partial charge in [0.05, 0.1) is 23.4 Å². The van der Waals surface area contributed by atoms with Crippen LogP contribution in [0.3, 0.4) is 0 Å². The maximum atomic E-state index is 9.62. The van der Waals surface area contributed by atoms with Crippen molar-refractivity contribution < 1.29 is 0 Å². The number of allylic oxidation sites excluding steroid dienone is 4. The monoisotopic (exact) mass is 266 g/mol. The Hall–Kier alpha value is -2.25. The first-order valence-corrected chi connectivity index (χ1v) is 6.96. The van der Waals surface area contributed by atoms with E-state index < -0.39 is 5.41 Å². The van der Waals surface area contributed by atoms with Gasteiger partial charge in [0.25, 0.3) is 0 Å². The summed E-state index contributed by atoms with van der Waals surface area (Å²) in [5.74, 6) is 0.0887. The van der Waals surface area contributed by atoms with Crippen LogP contribution in [0.4, 0.5) is 0 Å². The predicted octanol–water partition coefficient (Wildman–Crippen LogP) is 2.77. The van der Waals surface area contributed by atoms with Crippen molar-refractivity contribution in [2.24, 2.45) is 28.9 Å². The SMILES string of the molecule is CC(C)[C@@H]1[C@@H]2CCCC=C2C(C#N)=C(N)C1(C#N)C#N. The van der Waals surface area contributed by atoms with Gasteiger partial charge in [-0.2, -0.15) is 15.8 Å². The molecular weight excluding hydrogens is 248 g/mol. The average Bonchev–Trinajstić information content (AvgIpc) is 2.46. The lowest BCUT2D eigenvalue weighted by atomic mass is 9.55. The van der Waals surface area contributed by atoms with Gasteiger partial charge in [-0.05, 0) is 36.7 Å². The molecule has 0 spiro atoms. The maximum Gasteiger partial charge on any atom is 0.187 e. The lowest BCUT2D eigenvalue weighted by Gasteiger charge is -2.45. The first-order chi connectivity index (χ1) is 9.53. The molecule has 2 aliphatic carbocycles. The van der Waals surface area contributed by atoms with E-state index in [4.69, 9.17) is 5.73 Å². The molecule has 0 bridgehead atoms. The zero-order chi connectivity index (χ0) is 14.9. The van der Waals surface area contributed by atoms with E-state index in [1.165, 1.54) is 0 Å². The predicted molar refractivity (Wildman–Crippen MR) is 74.2 cm³/mol. The normalized spacial score (nSPS) is 27.9. The summed E-state index contributed by atoms with van der Waals surface area (Å²) < 4.78 is 0. The minimum Gasteiger partial charge on any atom is -0.399 e. The molecule has 0 aromatic heterocycles. The van der Waals surface area contributed by atoms with E-state index in [-0.39, 0.29) is 23.5 Å². The highest BCUT2D eigenvalue weighted by Gasteiger charge is 2.53. The van der Waals surface area contributed by atoms with Crippen LogP contribution in [0.25, 0.3) is 0 Å². The molecule has 0 saturated carbocycles. The van der Waals surface area contributed by atoms with Crippen molar-refractivity contribution in [1.29, 1.82) is 15.8 Å². The third-order valence-electron chi connectivity index (χ3n) is 4.58. The Morgan fingerprint density at radius 3 is 2.45 bits per heavy atom. The van der Waals surface area contributed by atoms with Gasteiger partial charge >= 0.3 is 0 Å². The second-order valence-corrected chi connectivity index (χ2v) is 5.90. The van der Waals surface area contributed by atoms with Crippen molar-refractivity contribution in [3.63, 3.8) is 0 Å². The first-order valence-electron chi connectivity index (χ1n) is 6.96. The van der Waals surface area contributed by atoms with E-state index in [1.807, 2.05) is 13.8 Å². The number of hydrogen-bond acceptors (Lipinski definition) is 4. The molecule has 0 fully saturated rings. The number of nitriles is 3. The van der Waals surface area contributed by atoms with Gasteiger partial charge in [0.15, 0.2) is 5.41 Å². The van der Waals surface area contributed by atoms with E-state index in [2.05, 4.69) is 24.3 Å². The van der Waals surface area contributed by atoms with Crippen molar-refractivity contribution in [3.8, 4) is 18.2 Å². The highest BCUT2D eigenvalue weighted by Crippen LogP contribution is 2.53. The van der Waals surface area contributed by atoms with Crippen LogP contribution < -0.4 is 5.73 Å². The van der Waals surface area contributed by atoms with Crippen molar-refractivity contribution in [3.05, 3.63) is 22.9 Å². The molecule has 0 heterocycles. The molecule has 0 saturated heterocycles. The van der Waals surface area contributed by atoms with Crippen LogP contribution >= 0.6 is 0 Å². The second kappa shape index (κ2) is 5.03. The Morgan fingerprint density at radius 1 is 1.30 bits per heavy atom. The Bertz CT molecular complexity index is 590. The Morgan fingerprint density at radius 2 is 1.95 bits per heavy atom. The fourth-order valence-electron chi connectivity index (χ4n) is 3.78. The summed E-state index contributed by atoms with van der Waals surface area (Å²) in [6.45, 7) is 4.04. The van der Waals surface area contributed by atoms with Gasteiger partial charge in [-0.1, -0.05) is 19.9 Å². The van der Waals surface area contributed by atoms with Gasteiger partial charge < -0.3 is 5.73 Å². The quantitative estimate of drug-likeness (QED) is 0.789. The van der Waals surface area contributed by atoms with Gasteiger partial charge in [0, 0.05) is 5.92 Å². The number of rotatable bonds is 1. The third-order valence-corrected chi connectivity index (χ3v) is 4.58. The molecule has 102 valence electrons. The summed E-state index contributed by atoms with van der Waals surface area (Å²) in [6, 6.07) is 6.37. The molecule has 2 aliphatic rings. The lowest BCUT2D eigenvalue weighted by molar-refractivity contribution is 0.172. The Kier molecular flexibility index (Phi) is 3.56. The molecule has 4 nitrogen and oxygen atoms in total. The summed E-state index contributed by atoms with van der Waals surface area (Å²) in [4.78, 5) is 0. The molecule has 0 aromatic carbocycles. The molecule has 0 unspecified atom stereocenters. The van der Waals surface area contributed by atoms with Gasteiger partial charge in [-0.3, -0.25) is 0 Å². The van der Waals surface area contributed by atoms with E-state index in [9.17, 15) is 15.8 Å². The highest BCUT2D eigenvalue weighted by atomic mass is 14.7. The van der Waals surface area contributed by atoms with Crippen LogP contribution in [0, 0.1) is 57.2 Å². The molecule has 20 heavy (non-hydrogen) atoms. The maximum absolute atomic E-state index is 9.62. The van der Waals surface area contributed by atoms with Gasteiger partial charge in [-0.15, -0.1) is 0 Å². The summed E-state index contributed by atoms with van der Waals surface area (Å²) in [7, 11) is 0. The van der Waals surface area contributed by atoms with Gasteiger partial charge in [0.2, 0.25) is 0 Å². The topological polar surface area (TPSA) is 97.4 Å². The molecule has 0 aliphatic heterocycles. The Balaban J connectivity index is 2.78. The van der Waals surface area contributed by atoms with Crippen LogP contribution in [-0.2, 0) is 0 Å². The zero-order valence-corrected chi connectivity index (χ0v) is 11.8. The van der Waals surface area contributed by atoms with Crippen LogP contribution in [0.5, 0.6) is 0 Å². The van der Waals surface area contributed by atoms with Crippen molar-refractivity contribution in [2.75, 3.05) is 0 Å². The Labute approximate surface area is 119 Å². The first kappa shape index (κ1) is 14.2. The molecule has 0 radical (unpaired) electrons. The molecule has 0 aromatic rings. The molecule has 2 atom stereocenters. The highest BCUT2D eigenvalue weighted by molar-refractivity contribution is 5.56. The van der Waals surface area contributed by atoms with Gasteiger partial charge in [-0.25, -0.2) is 0 Å².